The zero-order chi connectivity index (χ0) is 14.2. The van der Waals surface area contributed by atoms with Gasteiger partial charge < -0.3 is 10.4 Å². The van der Waals surface area contributed by atoms with Crippen molar-refractivity contribution in [1.82, 2.24) is 5.32 Å². The van der Waals surface area contributed by atoms with Crippen molar-refractivity contribution in [3.8, 4) is 0 Å². The highest BCUT2D eigenvalue weighted by atomic mass is 16.4. The lowest BCUT2D eigenvalue weighted by Crippen LogP contribution is -2.29. The molecule has 1 aromatic carbocycles. The molecular formula is C17H25NO2. The Morgan fingerprint density at radius 1 is 1.20 bits per heavy atom. The van der Waals surface area contributed by atoms with E-state index in [-0.39, 0.29) is 0 Å². The van der Waals surface area contributed by atoms with Gasteiger partial charge >= 0.3 is 5.97 Å². The van der Waals surface area contributed by atoms with Gasteiger partial charge in [0.05, 0.1) is 0 Å². The van der Waals surface area contributed by atoms with E-state index in [2.05, 4.69) is 5.32 Å². The Morgan fingerprint density at radius 2 is 1.90 bits per heavy atom. The first-order chi connectivity index (χ1) is 9.77. The highest BCUT2D eigenvalue weighted by molar-refractivity contribution is 5.75. The van der Waals surface area contributed by atoms with Crippen LogP contribution < -0.4 is 5.32 Å². The summed E-state index contributed by atoms with van der Waals surface area (Å²) in [6, 6.07) is 8.83. The maximum absolute atomic E-state index is 11.3. The van der Waals surface area contributed by atoms with Gasteiger partial charge in [-0.05, 0) is 30.9 Å². The molecule has 1 aromatic rings. The van der Waals surface area contributed by atoms with Crippen LogP contribution in [0.25, 0.3) is 0 Å². The van der Waals surface area contributed by atoms with Crippen molar-refractivity contribution in [3.05, 3.63) is 35.9 Å². The number of carboxylic acids is 1. The van der Waals surface area contributed by atoms with Crippen molar-refractivity contribution in [1.29, 1.82) is 0 Å². The summed E-state index contributed by atoms with van der Waals surface area (Å²) in [6.45, 7) is 0.780. The van der Waals surface area contributed by atoms with E-state index in [1.165, 1.54) is 38.5 Å². The first-order valence-corrected chi connectivity index (χ1v) is 7.78. The number of carboxylic acid groups (broad SMARTS) is 1. The number of carbonyl (C=O) groups is 1. The Hall–Kier alpha value is -1.35. The second-order valence-corrected chi connectivity index (χ2v) is 5.78. The van der Waals surface area contributed by atoms with Gasteiger partial charge in [-0.1, -0.05) is 62.4 Å². The number of aliphatic carboxylic acids is 1. The number of rotatable bonds is 7. The van der Waals surface area contributed by atoms with Crippen molar-refractivity contribution >= 4 is 5.97 Å². The van der Waals surface area contributed by atoms with E-state index in [1.807, 2.05) is 30.3 Å². The van der Waals surface area contributed by atoms with Crippen LogP contribution >= 0.6 is 0 Å². The molecule has 0 heterocycles. The molecule has 0 aromatic heterocycles. The molecule has 20 heavy (non-hydrogen) atoms. The summed E-state index contributed by atoms with van der Waals surface area (Å²) in [5.74, 6) is 0.0689. The Balaban J connectivity index is 1.74. The van der Waals surface area contributed by atoms with Crippen LogP contribution in [0.4, 0.5) is 0 Å². The third kappa shape index (κ3) is 4.64. The molecule has 0 bridgehead atoms. The zero-order valence-electron chi connectivity index (χ0n) is 12.1. The molecule has 1 aliphatic rings. The summed E-state index contributed by atoms with van der Waals surface area (Å²) in [6.07, 6.45) is 9.17. The van der Waals surface area contributed by atoms with Gasteiger partial charge in [-0.25, -0.2) is 0 Å². The molecule has 0 amide bonds. The second kappa shape index (κ2) is 8.05. The largest absolute Gasteiger partial charge is 0.480 e. The van der Waals surface area contributed by atoms with Gasteiger partial charge in [0.25, 0.3) is 0 Å². The van der Waals surface area contributed by atoms with Crippen LogP contribution in [0.5, 0.6) is 0 Å². The van der Waals surface area contributed by atoms with Gasteiger partial charge in [0, 0.05) is 0 Å². The molecule has 0 radical (unpaired) electrons. The SMILES string of the molecule is O=C(O)[C@H](NCCCC1CCCCC1)c1ccccc1. The van der Waals surface area contributed by atoms with Crippen molar-refractivity contribution in [2.75, 3.05) is 6.54 Å². The Kier molecular flexibility index (Phi) is 6.06. The van der Waals surface area contributed by atoms with Crippen LogP contribution in [0.1, 0.15) is 56.6 Å². The molecule has 110 valence electrons. The fraction of sp³-hybridized carbons (Fsp3) is 0.588. The van der Waals surface area contributed by atoms with Crippen LogP contribution in [-0.2, 0) is 4.79 Å². The summed E-state index contributed by atoms with van der Waals surface area (Å²) in [5, 5.41) is 12.5. The van der Waals surface area contributed by atoms with Gasteiger partial charge in [-0.15, -0.1) is 0 Å². The normalized spacial score (nSPS) is 17.8. The van der Waals surface area contributed by atoms with Gasteiger partial charge in [0.15, 0.2) is 0 Å². The molecule has 1 atom stereocenters. The molecule has 0 aliphatic heterocycles. The predicted octanol–water partition coefficient (Wildman–Crippen LogP) is 3.76. The molecule has 0 spiro atoms. The standard InChI is InChI=1S/C17H25NO2/c19-17(20)16(15-11-5-2-6-12-15)18-13-7-10-14-8-3-1-4-9-14/h2,5-6,11-12,14,16,18H,1,3-4,7-10,13H2,(H,19,20)/t16-/m1/s1. The molecule has 3 nitrogen and oxygen atoms in total. The van der Waals surface area contributed by atoms with Gasteiger partial charge in [0.1, 0.15) is 6.04 Å². The topological polar surface area (TPSA) is 49.3 Å². The quantitative estimate of drug-likeness (QED) is 0.745. The predicted molar refractivity (Wildman–Crippen MR) is 80.6 cm³/mol. The summed E-state index contributed by atoms with van der Waals surface area (Å²) >= 11 is 0. The minimum absolute atomic E-state index is 0.581. The van der Waals surface area contributed by atoms with Crippen LogP contribution in [0.15, 0.2) is 30.3 Å². The van der Waals surface area contributed by atoms with Crippen LogP contribution in [0, 0.1) is 5.92 Å². The van der Waals surface area contributed by atoms with E-state index in [1.54, 1.807) is 0 Å². The van der Waals surface area contributed by atoms with Crippen LogP contribution in [-0.4, -0.2) is 17.6 Å². The zero-order valence-corrected chi connectivity index (χ0v) is 12.1. The smallest absolute Gasteiger partial charge is 0.325 e. The van der Waals surface area contributed by atoms with Crippen molar-refractivity contribution in [3.63, 3.8) is 0 Å². The lowest BCUT2D eigenvalue weighted by Gasteiger charge is -2.22. The van der Waals surface area contributed by atoms with E-state index in [4.69, 9.17) is 0 Å². The third-order valence-corrected chi connectivity index (χ3v) is 4.24. The molecule has 3 heteroatoms. The van der Waals surface area contributed by atoms with E-state index >= 15 is 0 Å². The Bertz CT molecular complexity index is 399. The maximum Gasteiger partial charge on any atom is 0.325 e. The highest BCUT2D eigenvalue weighted by Crippen LogP contribution is 2.27. The van der Waals surface area contributed by atoms with E-state index in [0.717, 1.165) is 24.4 Å². The molecule has 1 fully saturated rings. The Labute approximate surface area is 121 Å². The maximum atomic E-state index is 11.3. The minimum atomic E-state index is -0.797. The fourth-order valence-electron chi connectivity index (χ4n) is 3.11. The third-order valence-electron chi connectivity index (χ3n) is 4.24. The van der Waals surface area contributed by atoms with E-state index < -0.39 is 12.0 Å². The number of nitrogens with one attached hydrogen (secondary N) is 1. The fourth-order valence-corrected chi connectivity index (χ4v) is 3.11. The molecule has 0 unspecified atom stereocenters. The molecular weight excluding hydrogens is 250 g/mol. The first-order valence-electron chi connectivity index (χ1n) is 7.78. The molecule has 2 N–H and O–H groups in total. The van der Waals surface area contributed by atoms with E-state index in [0.29, 0.717) is 0 Å². The van der Waals surface area contributed by atoms with Crippen LogP contribution in [0.2, 0.25) is 0 Å². The minimum Gasteiger partial charge on any atom is -0.480 e. The summed E-state index contributed by atoms with van der Waals surface area (Å²) in [7, 11) is 0. The van der Waals surface area contributed by atoms with Crippen molar-refractivity contribution < 1.29 is 9.90 Å². The lowest BCUT2D eigenvalue weighted by atomic mass is 9.86. The summed E-state index contributed by atoms with van der Waals surface area (Å²) in [5.41, 5.74) is 0.831. The van der Waals surface area contributed by atoms with Crippen molar-refractivity contribution in [2.24, 2.45) is 5.92 Å². The molecule has 1 saturated carbocycles. The second-order valence-electron chi connectivity index (χ2n) is 5.78. The molecule has 0 saturated heterocycles. The summed E-state index contributed by atoms with van der Waals surface area (Å²) < 4.78 is 0. The average molecular weight is 275 g/mol. The molecule has 2 rings (SSSR count). The molecule has 1 aliphatic carbocycles. The number of benzene rings is 1. The number of hydrogen-bond acceptors (Lipinski definition) is 2. The lowest BCUT2D eigenvalue weighted by molar-refractivity contribution is -0.139. The summed E-state index contributed by atoms with van der Waals surface area (Å²) in [4.78, 5) is 11.3. The first kappa shape index (κ1) is 15.0. The van der Waals surface area contributed by atoms with Gasteiger partial charge in [-0.3, -0.25) is 4.79 Å². The van der Waals surface area contributed by atoms with Crippen molar-refractivity contribution in [2.45, 2.75) is 51.0 Å². The Morgan fingerprint density at radius 3 is 2.55 bits per heavy atom. The van der Waals surface area contributed by atoms with E-state index in [9.17, 15) is 9.90 Å². The highest BCUT2D eigenvalue weighted by Gasteiger charge is 2.19. The van der Waals surface area contributed by atoms with Gasteiger partial charge in [0.2, 0.25) is 0 Å². The monoisotopic (exact) mass is 275 g/mol. The number of hydrogen-bond donors (Lipinski definition) is 2. The average Bonchev–Trinajstić information content (AvgIpc) is 2.49. The van der Waals surface area contributed by atoms with Gasteiger partial charge in [-0.2, -0.15) is 0 Å². The van der Waals surface area contributed by atoms with Crippen LogP contribution in [0.3, 0.4) is 0 Å².